The van der Waals surface area contributed by atoms with Crippen LogP contribution < -0.4 is 10.1 Å². The minimum atomic E-state index is 0.158. The normalized spacial score (nSPS) is 12.2. The number of rotatable bonds is 6. The third-order valence-electron chi connectivity index (χ3n) is 3.24. The first-order chi connectivity index (χ1) is 9.72. The Morgan fingerprint density at radius 1 is 1.25 bits per heavy atom. The van der Waals surface area contributed by atoms with Gasteiger partial charge in [0.25, 0.3) is 0 Å². The second-order valence-corrected chi connectivity index (χ2v) is 4.66. The van der Waals surface area contributed by atoms with Crippen molar-refractivity contribution in [3.8, 4) is 11.6 Å². The van der Waals surface area contributed by atoms with E-state index in [0.717, 1.165) is 16.9 Å². The zero-order valence-electron chi connectivity index (χ0n) is 11.8. The lowest BCUT2D eigenvalue weighted by Gasteiger charge is -2.12. The monoisotopic (exact) mass is 272 g/mol. The summed E-state index contributed by atoms with van der Waals surface area (Å²) in [5.74, 6) is 1.33. The average molecular weight is 272 g/mol. The standard InChI is InChI=1S/C16H20N2O2/c1-12(17-2)14-7-9-18-16(11-14)20-15-5-3-13(4-6-15)8-10-19/h3-7,9,11-12,17,19H,8,10H2,1-2H3. The molecule has 0 aliphatic heterocycles. The quantitative estimate of drug-likeness (QED) is 0.849. The molecule has 20 heavy (non-hydrogen) atoms. The maximum Gasteiger partial charge on any atom is 0.219 e. The van der Waals surface area contributed by atoms with Gasteiger partial charge in [-0.3, -0.25) is 0 Å². The third kappa shape index (κ3) is 3.79. The van der Waals surface area contributed by atoms with Crippen LogP contribution in [0.2, 0.25) is 0 Å². The van der Waals surface area contributed by atoms with Crippen LogP contribution in [0.5, 0.6) is 11.6 Å². The first-order valence-electron chi connectivity index (χ1n) is 6.74. The molecule has 0 amide bonds. The molecule has 0 saturated carbocycles. The number of nitrogens with zero attached hydrogens (tertiary/aromatic N) is 1. The fourth-order valence-electron chi connectivity index (χ4n) is 1.89. The molecule has 2 N–H and O–H groups in total. The van der Waals surface area contributed by atoms with Crippen molar-refractivity contribution in [3.63, 3.8) is 0 Å². The Morgan fingerprint density at radius 3 is 2.65 bits per heavy atom. The summed E-state index contributed by atoms with van der Waals surface area (Å²) in [5.41, 5.74) is 2.22. The molecule has 2 rings (SSSR count). The Bertz CT molecular complexity index is 540. The van der Waals surface area contributed by atoms with Gasteiger partial charge in [0.2, 0.25) is 5.88 Å². The van der Waals surface area contributed by atoms with E-state index in [0.29, 0.717) is 12.3 Å². The summed E-state index contributed by atoms with van der Waals surface area (Å²) >= 11 is 0. The molecular formula is C16H20N2O2. The molecule has 0 saturated heterocycles. The van der Waals surface area contributed by atoms with Crippen LogP contribution in [-0.2, 0) is 6.42 Å². The molecule has 1 aromatic heterocycles. The van der Waals surface area contributed by atoms with Crippen molar-refractivity contribution in [2.45, 2.75) is 19.4 Å². The van der Waals surface area contributed by atoms with Crippen molar-refractivity contribution >= 4 is 0 Å². The van der Waals surface area contributed by atoms with E-state index in [-0.39, 0.29) is 12.6 Å². The van der Waals surface area contributed by atoms with E-state index in [1.807, 2.05) is 43.4 Å². The molecule has 0 bridgehead atoms. The lowest BCUT2D eigenvalue weighted by molar-refractivity contribution is 0.299. The average Bonchev–Trinajstić information content (AvgIpc) is 2.49. The lowest BCUT2D eigenvalue weighted by atomic mass is 10.1. The van der Waals surface area contributed by atoms with Gasteiger partial charge in [0.05, 0.1) is 0 Å². The Hall–Kier alpha value is -1.91. The Kier molecular flexibility index (Phi) is 5.09. The molecule has 106 valence electrons. The van der Waals surface area contributed by atoms with Gasteiger partial charge in [-0.1, -0.05) is 12.1 Å². The molecule has 0 spiro atoms. The summed E-state index contributed by atoms with van der Waals surface area (Å²) < 4.78 is 5.75. The molecule has 1 heterocycles. The van der Waals surface area contributed by atoms with Gasteiger partial charge in [0, 0.05) is 24.9 Å². The van der Waals surface area contributed by atoms with Crippen molar-refractivity contribution in [1.29, 1.82) is 0 Å². The van der Waals surface area contributed by atoms with E-state index in [1.165, 1.54) is 0 Å². The second kappa shape index (κ2) is 7.03. The molecule has 4 nitrogen and oxygen atoms in total. The molecule has 0 fully saturated rings. The van der Waals surface area contributed by atoms with Crippen LogP contribution >= 0.6 is 0 Å². The maximum atomic E-state index is 8.88. The highest BCUT2D eigenvalue weighted by atomic mass is 16.5. The first kappa shape index (κ1) is 14.5. The van der Waals surface area contributed by atoms with Gasteiger partial charge in [-0.2, -0.15) is 0 Å². The van der Waals surface area contributed by atoms with E-state index in [9.17, 15) is 0 Å². The van der Waals surface area contributed by atoms with Crippen LogP contribution in [0.4, 0.5) is 0 Å². The van der Waals surface area contributed by atoms with Gasteiger partial charge in [0.1, 0.15) is 5.75 Å². The largest absolute Gasteiger partial charge is 0.439 e. The van der Waals surface area contributed by atoms with Crippen molar-refractivity contribution in [2.75, 3.05) is 13.7 Å². The highest BCUT2D eigenvalue weighted by Crippen LogP contribution is 2.22. The van der Waals surface area contributed by atoms with Gasteiger partial charge < -0.3 is 15.2 Å². The fraction of sp³-hybridized carbons (Fsp3) is 0.312. The van der Waals surface area contributed by atoms with Crippen molar-refractivity contribution < 1.29 is 9.84 Å². The molecule has 2 aromatic rings. The fourth-order valence-corrected chi connectivity index (χ4v) is 1.89. The number of hydrogen-bond donors (Lipinski definition) is 2. The molecule has 1 unspecified atom stereocenters. The first-order valence-corrected chi connectivity index (χ1v) is 6.74. The second-order valence-electron chi connectivity index (χ2n) is 4.66. The minimum Gasteiger partial charge on any atom is -0.439 e. The van der Waals surface area contributed by atoms with E-state index in [2.05, 4.69) is 17.2 Å². The Balaban J connectivity index is 2.09. The van der Waals surface area contributed by atoms with Crippen LogP contribution in [0.3, 0.4) is 0 Å². The van der Waals surface area contributed by atoms with E-state index < -0.39 is 0 Å². The number of nitrogens with one attached hydrogen (secondary N) is 1. The zero-order valence-corrected chi connectivity index (χ0v) is 11.8. The molecule has 4 heteroatoms. The van der Waals surface area contributed by atoms with Crippen LogP contribution in [0.15, 0.2) is 42.6 Å². The van der Waals surface area contributed by atoms with E-state index in [1.54, 1.807) is 6.20 Å². The number of aliphatic hydroxyl groups excluding tert-OH is 1. The number of aromatic nitrogens is 1. The van der Waals surface area contributed by atoms with Crippen molar-refractivity contribution in [1.82, 2.24) is 10.3 Å². The van der Waals surface area contributed by atoms with Crippen LogP contribution in [0.25, 0.3) is 0 Å². The molecule has 0 aliphatic rings. The lowest BCUT2D eigenvalue weighted by Crippen LogP contribution is -2.12. The number of benzene rings is 1. The van der Waals surface area contributed by atoms with Crippen molar-refractivity contribution in [3.05, 3.63) is 53.7 Å². The van der Waals surface area contributed by atoms with E-state index in [4.69, 9.17) is 9.84 Å². The number of pyridine rings is 1. The highest BCUT2D eigenvalue weighted by Gasteiger charge is 2.05. The number of aliphatic hydroxyl groups is 1. The Morgan fingerprint density at radius 2 is 2.00 bits per heavy atom. The molecular weight excluding hydrogens is 252 g/mol. The van der Waals surface area contributed by atoms with Gasteiger partial charge >= 0.3 is 0 Å². The van der Waals surface area contributed by atoms with Gasteiger partial charge in [-0.05, 0) is 49.7 Å². The van der Waals surface area contributed by atoms with Gasteiger partial charge in [0.15, 0.2) is 0 Å². The molecule has 1 atom stereocenters. The summed E-state index contributed by atoms with van der Waals surface area (Å²) in [6, 6.07) is 11.8. The zero-order chi connectivity index (χ0) is 14.4. The summed E-state index contributed by atoms with van der Waals surface area (Å²) in [6.45, 7) is 2.24. The molecule has 0 aliphatic carbocycles. The van der Waals surface area contributed by atoms with Crippen LogP contribution in [-0.4, -0.2) is 23.7 Å². The van der Waals surface area contributed by atoms with Gasteiger partial charge in [-0.15, -0.1) is 0 Å². The summed E-state index contributed by atoms with van der Waals surface area (Å²) in [4.78, 5) is 4.22. The van der Waals surface area contributed by atoms with Crippen molar-refractivity contribution in [2.24, 2.45) is 0 Å². The summed E-state index contributed by atoms with van der Waals surface area (Å²) in [7, 11) is 1.92. The van der Waals surface area contributed by atoms with Crippen LogP contribution in [0, 0.1) is 0 Å². The predicted molar refractivity (Wildman–Crippen MR) is 79.0 cm³/mol. The van der Waals surface area contributed by atoms with Crippen LogP contribution in [0.1, 0.15) is 24.1 Å². The maximum absolute atomic E-state index is 8.88. The summed E-state index contributed by atoms with van der Waals surface area (Å²) in [6.07, 6.45) is 2.41. The predicted octanol–water partition coefficient (Wildman–Crippen LogP) is 2.69. The third-order valence-corrected chi connectivity index (χ3v) is 3.24. The highest BCUT2D eigenvalue weighted by molar-refractivity contribution is 5.32. The Labute approximate surface area is 119 Å². The smallest absolute Gasteiger partial charge is 0.219 e. The molecule has 1 aromatic carbocycles. The van der Waals surface area contributed by atoms with Gasteiger partial charge in [-0.25, -0.2) is 4.98 Å². The van der Waals surface area contributed by atoms with E-state index >= 15 is 0 Å². The minimum absolute atomic E-state index is 0.158. The number of hydrogen-bond acceptors (Lipinski definition) is 4. The number of ether oxygens (including phenoxy) is 1. The summed E-state index contributed by atoms with van der Waals surface area (Å²) in [5, 5.41) is 12.1. The topological polar surface area (TPSA) is 54.4 Å². The SMILES string of the molecule is CNC(C)c1ccnc(Oc2ccc(CCO)cc2)c1. The molecule has 0 radical (unpaired) electrons.